The molecule has 0 radical (unpaired) electrons. The van der Waals surface area contributed by atoms with Gasteiger partial charge >= 0.3 is 5.97 Å². The van der Waals surface area contributed by atoms with Gasteiger partial charge in [0, 0.05) is 0 Å². The molecular weight excluding hydrogens is 384 g/mol. The Morgan fingerprint density at radius 3 is 2.46 bits per heavy atom. The topological polar surface area (TPSA) is 86.2 Å². The lowest BCUT2D eigenvalue weighted by Gasteiger charge is -2.09. The summed E-state index contributed by atoms with van der Waals surface area (Å²) < 4.78 is 15.6. The molecule has 2 rings (SSSR count). The van der Waals surface area contributed by atoms with Gasteiger partial charge in [0.1, 0.15) is 11.5 Å². The Morgan fingerprint density at radius 2 is 1.79 bits per heavy atom. The predicted molar refractivity (Wildman–Crippen MR) is 106 cm³/mol. The van der Waals surface area contributed by atoms with E-state index in [1.165, 1.54) is 6.21 Å². The summed E-state index contributed by atoms with van der Waals surface area (Å²) in [5.74, 6) is 0.105. The van der Waals surface area contributed by atoms with Crippen LogP contribution in [0, 0.1) is 0 Å². The number of nitrogens with one attached hydrogen (secondary N) is 1. The molecule has 7 nitrogen and oxygen atoms in total. The minimum Gasteiger partial charge on any atom is -0.482 e. The highest BCUT2D eigenvalue weighted by Gasteiger charge is 2.06. The second-order valence-electron chi connectivity index (χ2n) is 5.91. The third kappa shape index (κ3) is 7.67. The number of nitrogens with zero attached hydrogens (tertiary/aromatic N) is 1. The zero-order valence-electron chi connectivity index (χ0n) is 15.6. The summed E-state index contributed by atoms with van der Waals surface area (Å²) in [5, 5.41) is 4.29. The van der Waals surface area contributed by atoms with Crippen LogP contribution in [0.3, 0.4) is 0 Å². The van der Waals surface area contributed by atoms with Crippen LogP contribution < -0.4 is 14.9 Å². The van der Waals surface area contributed by atoms with Gasteiger partial charge in [0.15, 0.2) is 13.2 Å². The minimum atomic E-state index is -0.428. The van der Waals surface area contributed by atoms with E-state index >= 15 is 0 Å². The standard InChI is InChI=1S/C20H21ClN2O5/c1-14(2)28-20(25)13-26-16-9-7-15(8-10-16)11-22-23-19(24)12-27-18-6-4-3-5-17(18)21/h3-11,14H,12-13H2,1-2H3,(H,23,24)/b22-11-. The van der Waals surface area contributed by atoms with Crippen LogP contribution in [0.1, 0.15) is 19.4 Å². The lowest BCUT2D eigenvalue weighted by atomic mass is 10.2. The van der Waals surface area contributed by atoms with E-state index in [1.807, 2.05) is 0 Å². The zero-order valence-corrected chi connectivity index (χ0v) is 16.3. The smallest absolute Gasteiger partial charge is 0.344 e. The summed E-state index contributed by atoms with van der Waals surface area (Å²) in [7, 11) is 0. The van der Waals surface area contributed by atoms with Crippen molar-refractivity contribution < 1.29 is 23.8 Å². The second-order valence-corrected chi connectivity index (χ2v) is 6.32. The van der Waals surface area contributed by atoms with Crippen molar-refractivity contribution in [3.63, 3.8) is 0 Å². The van der Waals surface area contributed by atoms with Gasteiger partial charge in [-0.25, -0.2) is 10.2 Å². The molecule has 0 aliphatic carbocycles. The molecule has 2 aromatic carbocycles. The number of para-hydroxylation sites is 1. The summed E-state index contributed by atoms with van der Waals surface area (Å²) in [6.07, 6.45) is 1.30. The fraction of sp³-hybridized carbons (Fsp3) is 0.250. The van der Waals surface area contributed by atoms with Gasteiger partial charge in [0.25, 0.3) is 5.91 Å². The lowest BCUT2D eigenvalue weighted by molar-refractivity contribution is -0.149. The van der Waals surface area contributed by atoms with Crippen molar-refractivity contribution in [2.45, 2.75) is 20.0 Å². The van der Waals surface area contributed by atoms with Gasteiger partial charge in [-0.2, -0.15) is 5.10 Å². The summed E-state index contributed by atoms with van der Waals surface area (Å²) in [6, 6.07) is 13.7. The molecule has 0 aromatic heterocycles. The number of carbonyl (C=O) groups is 2. The van der Waals surface area contributed by atoms with E-state index in [0.717, 1.165) is 5.56 Å². The normalized spacial score (nSPS) is 10.7. The maximum absolute atomic E-state index is 11.7. The van der Waals surface area contributed by atoms with E-state index in [2.05, 4.69) is 10.5 Å². The predicted octanol–water partition coefficient (Wildman–Crippen LogP) is 3.20. The largest absolute Gasteiger partial charge is 0.482 e. The third-order valence-electron chi connectivity index (χ3n) is 3.20. The lowest BCUT2D eigenvalue weighted by Crippen LogP contribution is -2.24. The molecule has 8 heteroatoms. The first-order chi connectivity index (χ1) is 13.4. The van der Waals surface area contributed by atoms with Gasteiger partial charge in [-0.1, -0.05) is 23.7 Å². The number of halogens is 1. The van der Waals surface area contributed by atoms with Gasteiger partial charge in [0.2, 0.25) is 0 Å². The first-order valence-electron chi connectivity index (χ1n) is 8.55. The molecule has 0 saturated heterocycles. The summed E-state index contributed by atoms with van der Waals surface area (Å²) in [4.78, 5) is 23.2. The van der Waals surface area contributed by atoms with E-state index < -0.39 is 11.9 Å². The fourth-order valence-electron chi connectivity index (χ4n) is 2.01. The number of hydrogen-bond donors (Lipinski definition) is 1. The number of esters is 1. The zero-order chi connectivity index (χ0) is 20.4. The average Bonchev–Trinajstić information content (AvgIpc) is 2.66. The summed E-state index contributed by atoms with van der Waals surface area (Å²) >= 11 is 5.94. The molecule has 0 fully saturated rings. The average molecular weight is 405 g/mol. The van der Waals surface area contributed by atoms with Crippen molar-refractivity contribution in [3.8, 4) is 11.5 Å². The van der Waals surface area contributed by atoms with Gasteiger partial charge in [-0.3, -0.25) is 4.79 Å². The van der Waals surface area contributed by atoms with Crippen LogP contribution in [-0.4, -0.2) is 37.4 Å². The Morgan fingerprint density at radius 1 is 1.07 bits per heavy atom. The molecule has 0 aliphatic rings. The van der Waals surface area contributed by atoms with E-state index in [1.54, 1.807) is 62.4 Å². The first-order valence-corrected chi connectivity index (χ1v) is 8.93. The summed E-state index contributed by atoms with van der Waals surface area (Å²) in [6.45, 7) is 3.18. The Labute approximate surface area is 168 Å². The van der Waals surface area contributed by atoms with Crippen molar-refractivity contribution in [1.82, 2.24) is 5.43 Å². The SMILES string of the molecule is CC(C)OC(=O)COc1ccc(/C=N\NC(=O)COc2ccccc2Cl)cc1. The van der Waals surface area contributed by atoms with E-state index in [9.17, 15) is 9.59 Å². The number of hydrogen-bond acceptors (Lipinski definition) is 6. The molecule has 28 heavy (non-hydrogen) atoms. The maximum Gasteiger partial charge on any atom is 0.344 e. The van der Waals surface area contributed by atoms with E-state index in [0.29, 0.717) is 16.5 Å². The molecule has 0 saturated carbocycles. The van der Waals surface area contributed by atoms with Crippen LogP contribution in [0.5, 0.6) is 11.5 Å². The molecule has 0 atom stereocenters. The number of benzene rings is 2. The van der Waals surface area contributed by atoms with E-state index in [-0.39, 0.29) is 19.3 Å². The van der Waals surface area contributed by atoms with Gasteiger partial charge in [-0.15, -0.1) is 0 Å². The molecule has 148 valence electrons. The summed E-state index contributed by atoms with van der Waals surface area (Å²) in [5.41, 5.74) is 3.10. The van der Waals surface area contributed by atoms with Crippen LogP contribution in [-0.2, 0) is 14.3 Å². The highest BCUT2D eigenvalue weighted by atomic mass is 35.5. The molecule has 0 aliphatic heterocycles. The first kappa shape index (κ1) is 21.2. The van der Waals surface area contributed by atoms with Gasteiger partial charge in [0.05, 0.1) is 17.3 Å². The minimum absolute atomic E-state index is 0.160. The molecule has 0 bridgehead atoms. The van der Waals surface area contributed by atoms with E-state index in [4.69, 9.17) is 25.8 Å². The molecule has 0 spiro atoms. The Balaban J connectivity index is 1.74. The van der Waals surface area contributed by atoms with Crippen LogP contribution >= 0.6 is 11.6 Å². The van der Waals surface area contributed by atoms with Crippen molar-refractivity contribution >= 4 is 29.7 Å². The van der Waals surface area contributed by atoms with Gasteiger partial charge < -0.3 is 14.2 Å². The number of rotatable bonds is 9. The van der Waals surface area contributed by atoms with Crippen molar-refractivity contribution in [2.24, 2.45) is 5.10 Å². The monoisotopic (exact) mass is 404 g/mol. The Bertz CT molecular complexity index is 822. The van der Waals surface area contributed by atoms with Crippen molar-refractivity contribution in [2.75, 3.05) is 13.2 Å². The molecule has 2 aromatic rings. The van der Waals surface area contributed by atoms with Gasteiger partial charge in [-0.05, 0) is 55.8 Å². The fourth-order valence-corrected chi connectivity index (χ4v) is 2.20. The third-order valence-corrected chi connectivity index (χ3v) is 3.51. The number of carbonyl (C=O) groups excluding carboxylic acids is 2. The Kier molecular flexibility index (Phi) is 8.30. The second kappa shape index (κ2) is 10.9. The Hall–Kier alpha value is -3.06. The number of amides is 1. The number of hydrazone groups is 1. The van der Waals surface area contributed by atoms with Crippen LogP contribution in [0.2, 0.25) is 5.02 Å². The highest BCUT2D eigenvalue weighted by molar-refractivity contribution is 6.32. The maximum atomic E-state index is 11.7. The molecule has 0 unspecified atom stereocenters. The van der Waals surface area contributed by atoms with Crippen LogP contribution in [0.25, 0.3) is 0 Å². The quantitative estimate of drug-likeness (QED) is 0.394. The van der Waals surface area contributed by atoms with Crippen molar-refractivity contribution in [1.29, 1.82) is 0 Å². The molecule has 0 heterocycles. The molecule has 1 N–H and O–H groups in total. The molecular formula is C20H21ClN2O5. The van der Waals surface area contributed by atoms with Crippen molar-refractivity contribution in [3.05, 3.63) is 59.1 Å². The highest BCUT2D eigenvalue weighted by Crippen LogP contribution is 2.22. The number of ether oxygens (including phenoxy) is 3. The van der Waals surface area contributed by atoms with Crippen LogP contribution in [0.15, 0.2) is 53.6 Å². The van der Waals surface area contributed by atoms with Crippen LogP contribution in [0.4, 0.5) is 0 Å². The molecule has 1 amide bonds.